The van der Waals surface area contributed by atoms with Crippen molar-refractivity contribution in [2.75, 3.05) is 0 Å². The second-order valence-electron chi connectivity index (χ2n) is 3.32. The summed E-state index contributed by atoms with van der Waals surface area (Å²) in [5.41, 5.74) is 1.40. The standard InChI is InChI=1S/C12H7Cl3O/c13-8-1-2-11(12(16)6-8)7-3-9(14)5-10(15)4-7/h1-6,16H. The molecule has 0 saturated carbocycles. The van der Waals surface area contributed by atoms with E-state index in [4.69, 9.17) is 34.8 Å². The van der Waals surface area contributed by atoms with Gasteiger partial charge in [-0.2, -0.15) is 0 Å². The number of hydrogen-bond acceptors (Lipinski definition) is 1. The first-order chi connectivity index (χ1) is 7.56. The summed E-state index contributed by atoms with van der Waals surface area (Å²) in [5, 5.41) is 11.3. The van der Waals surface area contributed by atoms with Crippen molar-refractivity contribution in [1.29, 1.82) is 0 Å². The molecule has 2 aromatic rings. The van der Waals surface area contributed by atoms with Crippen molar-refractivity contribution in [2.24, 2.45) is 0 Å². The van der Waals surface area contributed by atoms with Gasteiger partial charge in [0.05, 0.1) is 0 Å². The third-order valence-electron chi connectivity index (χ3n) is 2.13. The second kappa shape index (κ2) is 4.54. The van der Waals surface area contributed by atoms with Crippen molar-refractivity contribution in [3.63, 3.8) is 0 Å². The molecule has 0 fully saturated rings. The summed E-state index contributed by atoms with van der Waals surface area (Å²) in [6.07, 6.45) is 0. The minimum atomic E-state index is 0.103. The fraction of sp³-hybridized carbons (Fsp3) is 0. The third-order valence-corrected chi connectivity index (χ3v) is 2.80. The fourth-order valence-corrected chi connectivity index (χ4v) is 2.15. The molecule has 82 valence electrons. The normalized spacial score (nSPS) is 10.4. The molecule has 2 rings (SSSR count). The van der Waals surface area contributed by atoms with Crippen LogP contribution in [0, 0.1) is 0 Å². The van der Waals surface area contributed by atoms with Crippen LogP contribution in [0.15, 0.2) is 36.4 Å². The van der Waals surface area contributed by atoms with Gasteiger partial charge in [-0.1, -0.05) is 34.8 Å². The Kier molecular flexibility index (Phi) is 3.29. The molecule has 16 heavy (non-hydrogen) atoms. The van der Waals surface area contributed by atoms with E-state index in [1.807, 2.05) is 0 Å². The minimum Gasteiger partial charge on any atom is -0.507 e. The van der Waals surface area contributed by atoms with Gasteiger partial charge in [0.25, 0.3) is 0 Å². The molecular weight excluding hydrogens is 266 g/mol. The Hall–Kier alpha value is -0.890. The SMILES string of the molecule is Oc1cc(Cl)ccc1-c1cc(Cl)cc(Cl)c1. The number of hydrogen-bond donors (Lipinski definition) is 1. The first-order valence-corrected chi connectivity index (χ1v) is 5.64. The first-order valence-electron chi connectivity index (χ1n) is 4.51. The molecule has 0 spiro atoms. The predicted molar refractivity (Wildman–Crippen MR) is 68.6 cm³/mol. The molecule has 0 aromatic heterocycles. The molecule has 2 aromatic carbocycles. The fourth-order valence-electron chi connectivity index (χ4n) is 1.46. The van der Waals surface area contributed by atoms with E-state index in [-0.39, 0.29) is 5.75 Å². The van der Waals surface area contributed by atoms with Crippen molar-refractivity contribution in [2.45, 2.75) is 0 Å². The van der Waals surface area contributed by atoms with Crippen molar-refractivity contribution in [1.82, 2.24) is 0 Å². The third kappa shape index (κ3) is 2.43. The highest BCUT2D eigenvalue weighted by molar-refractivity contribution is 6.35. The Morgan fingerprint density at radius 3 is 1.94 bits per heavy atom. The van der Waals surface area contributed by atoms with E-state index in [1.54, 1.807) is 30.3 Å². The van der Waals surface area contributed by atoms with Crippen molar-refractivity contribution < 1.29 is 5.11 Å². The van der Waals surface area contributed by atoms with Crippen molar-refractivity contribution in [3.8, 4) is 16.9 Å². The van der Waals surface area contributed by atoms with Crippen LogP contribution >= 0.6 is 34.8 Å². The molecule has 1 nitrogen and oxygen atoms in total. The van der Waals surface area contributed by atoms with Crippen LogP contribution in [0.2, 0.25) is 15.1 Å². The van der Waals surface area contributed by atoms with Gasteiger partial charge >= 0.3 is 0 Å². The Labute approximate surface area is 108 Å². The Balaban J connectivity index is 2.58. The number of halogens is 3. The molecule has 0 unspecified atom stereocenters. The van der Waals surface area contributed by atoms with Crippen LogP contribution in [0.5, 0.6) is 5.75 Å². The van der Waals surface area contributed by atoms with Crippen molar-refractivity contribution >= 4 is 34.8 Å². The Bertz CT molecular complexity index is 518. The molecule has 0 radical (unpaired) electrons. The van der Waals surface area contributed by atoms with E-state index in [0.29, 0.717) is 20.6 Å². The van der Waals surface area contributed by atoms with Gasteiger partial charge in [0.1, 0.15) is 5.75 Å². The first kappa shape index (κ1) is 11.6. The van der Waals surface area contributed by atoms with Crippen LogP contribution in [0.3, 0.4) is 0 Å². The van der Waals surface area contributed by atoms with Gasteiger partial charge in [-0.05, 0) is 42.0 Å². The number of benzene rings is 2. The number of phenols is 1. The summed E-state index contributed by atoms with van der Waals surface area (Å²) < 4.78 is 0. The van der Waals surface area contributed by atoms with Crippen LogP contribution in [-0.4, -0.2) is 5.11 Å². The molecule has 0 saturated heterocycles. The van der Waals surface area contributed by atoms with Crippen LogP contribution in [0.25, 0.3) is 11.1 Å². The maximum absolute atomic E-state index is 9.76. The molecule has 0 heterocycles. The summed E-state index contributed by atoms with van der Waals surface area (Å²) in [5.74, 6) is 0.103. The average Bonchev–Trinajstić information content (AvgIpc) is 2.15. The summed E-state index contributed by atoms with van der Waals surface area (Å²) in [4.78, 5) is 0. The van der Waals surface area contributed by atoms with E-state index < -0.39 is 0 Å². The molecule has 4 heteroatoms. The molecule has 0 aliphatic heterocycles. The summed E-state index contributed by atoms with van der Waals surface area (Å²) in [7, 11) is 0. The van der Waals surface area contributed by atoms with Gasteiger partial charge in [0.2, 0.25) is 0 Å². The van der Waals surface area contributed by atoms with E-state index >= 15 is 0 Å². The van der Waals surface area contributed by atoms with E-state index in [0.717, 1.165) is 5.56 Å². The zero-order valence-corrected chi connectivity index (χ0v) is 10.3. The molecule has 0 aliphatic carbocycles. The lowest BCUT2D eigenvalue weighted by Crippen LogP contribution is -1.80. The van der Waals surface area contributed by atoms with Gasteiger partial charge in [-0.3, -0.25) is 0 Å². The van der Waals surface area contributed by atoms with Gasteiger partial charge in [0.15, 0.2) is 0 Å². The quantitative estimate of drug-likeness (QED) is 0.773. The maximum atomic E-state index is 9.76. The van der Waals surface area contributed by atoms with Crippen LogP contribution < -0.4 is 0 Å². The molecule has 0 aliphatic rings. The molecule has 0 bridgehead atoms. The van der Waals surface area contributed by atoms with Crippen LogP contribution in [0.4, 0.5) is 0 Å². The van der Waals surface area contributed by atoms with Crippen molar-refractivity contribution in [3.05, 3.63) is 51.5 Å². The Morgan fingerprint density at radius 2 is 1.38 bits per heavy atom. The molecular formula is C12H7Cl3O. The Morgan fingerprint density at radius 1 is 0.750 bits per heavy atom. The zero-order chi connectivity index (χ0) is 11.7. The number of phenolic OH excluding ortho intramolecular Hbond substituents is 1. The summed E-state index contributed by atoms with van der Waals surface area (Å²) in [6.45, 7) is 0. The van der Waals surface area contributed by atoms with Gasteiger partial charge < -0.3 is 5.11 Å². The highest BCUT2D eigenvalue weighted by Gasteiger charge is 2.06. The van der Waals surface area contributed by atoms with E-state index in [9.17, 15) is 5.11 Å². The maximum Gasteiger partial charge on any atom is 0.124 e. The largest absolute Gasteiger partial charge is 0.507 e. The average molecular weight is 274 g/mol. The lowest BCUT2D eigenvalue weighted by Gasteiger charge is -2.06. The number of aromatic hydroxyl groups is 1. The minimum absolute atomic E-state index is 0.103. The highest BCUT2D eigenvalue weighted by Crippen LogP contribution is 2.34. The predicted octanol–water partition coefficient (Wildman–Crippen LogP) is 5.02. The lowest BCUT2D eigenvalue weighted by atomic mass is 10.1. The van der Waals surface area contributed by atoms with Gasteiger partial charge in [0, 0.05) is 20.6 Å². The van der Waals surface area contributed by atoms with Crippen LogP contribution in [-0.2, 0) is 0 Å². The van der Waals surface area contributed by atoms with Gasteiger partial charge in [-0.15, -0.1) is 0 Å². The summed E-state index contributed by atoms with van der Waals surface area (Å²) >= 11 is 17.5. The highest BCUT2D eigenvalue weighted by atomic mass is 35.5. The number of rotatable bonds is 1. The molecule has 0 atom stereocenters. The monoisotopic (exact) mass is 272 g/mol. The summed E-state index contributed by atoms with van der Waals surface area (Å²) in [6, 6.07) is 10.0. The molecule has 1 N–H and O–H groups in total. The van der Waals surface area contributed by atoms with Gasteiger partial charge in [-0.25, -0.2) is 0 Å². The molecule has 0 amide bonds. The lowest BCUT2D eigenvalue weighted by molar-refractivity contribution is 0.477. The zero-order valence-electron chi connectivity index (χ0n) is 8.05. The topological polar surface area (TPSA) is 20.2 Å². The second-order valence-corrected chi connectivity index (χ2v) is 4.63. The van der Waals surface area contributed by atoms with Crippen LogP contribution in [0.1, 0.15) is 0 Å². The van der Waals surface area contributed by atoms with E-state index in [1.165, 1.54) is 6.07 Å². The van der Waals surface area contributed by atoms with E-state index in [2.05, 4.69) is 0 Å². The smallest absolute Gasteiger partial charge is 0.124 e.